The van der Waals surface area contributed by atoms with Gasteiger partial charge in [-0.2, -0.15) is 5.10 Å². The maximum atomic E-state index is 11.6. The molecule has 5 nitrogen and oxygen atoms in total. The highest BCUT2D eigenvalue weighted by Gasteiger charge is 2.11. The van der Waals surface area contributed by atoms with Crippen molar-refractivity contribution in [3.63, 3.8) is 0 Å². The molecule has 0 saturated carbocycles. The Morgan fingerprint density at radius 1 is 1.47 bits per heavy atom. The van der Waals surface area contributed by atoms with E-state index in [4.69, 9.17) is 0 Å². The summed E-state index contributed by atoms with van der Waals surface area (Å²) in [5.41, 5.74) is 3.15. The van der Waals surface area contributed by atoms with Crippen LogP contribution >= 0.6 is 0 Å². The summed E-state index contributed by atoms with van der Waals surface area (Å²) in [5.74, 6) is 0. The van der Waals surface area contributed by atoms with Crippen molar-refractivity contribution in [2.24, 2.45) is 7.05 Å². The second-order valence-electron chi connectivity index (χ2n) is 4.41. The lowest BCUT2D eigenvalue weighted by atomic mass is 10.2. The third kappa shape index (κ3) is 3.47. The Bertz CT molecular complexity index is 397. The number of hydrogen-bond donors (Lipinski definition) is 2. The van der Waals surface area contributed by atoms with Crippen molar-refractivity contribution in [1.82, 2.24) is 20.4 Å². The predicted octanol–water partition coefficient (Wildman–Crippen LogP) is 1.63. The summed E-state index contributed by atoms with van der Waals surface area (Å²) in [6, 6.07) is 0.0769. The second kappa shape index (κ2) is 5.70. The van der Waals surface area contributed by atoms with Crippen LogP contribution in [0.3, 0.4) is 0 Å². The first-order chi connectivity index (χ1) is 7.95. The van der Waals surface area contributed by atoms with Crippen LogP contribution in [0.2, 0.25) is 0 Å². The number of carbonyl (C=O) groups is 1. The molecule has 1 aromatic rings. The van der Waals surface area contributed by atoms with Gasteiger partial charge in [-0.15, -0.1) is 0 Å². The van der Waals surface area contributed by atoms with Crippen LogP contribution in [0.25, 0.3) is 0 Å². The summed E-state index contributed by atoms with van der Waals surface area (Å²) < 4.78 is 1.83. The Labute approximate surface area is 103 Å². The van der Waals surface area contributed by atoms with E-state index in [1.807, 2.05) is 39.4 Å². The Hall–Kier alpha value is -1.52. The average molecular weight is 238 g/mol. The van der Waals surface area contributed by atoms with Crippen LogP contribution in [0.4, 0.5) is 4.79 Å². The molecule has 0 aliphatic carbocycles. The molecule has 1 aromatic heterocycles. The van der Waals surface area contributed by atoms with Gasteiger partial charge >= 0.3 is 6.03 Å². The predicted molar refractivity (Wildman–Crippen MR) is 67.8 cm³/mol. The first-order valence-corrected chi connectivity index (χ1v) is 5.99. The molecule has 96 valence electrons. The number of aromatic nitrogens is 2. The molecule has 1 rings (SSSR count). The highest BCUT2D eigenvalue weighted by Crippen LogP contribution is 2.10. The van der Waals surface area contributed by atoms with Gasteiger partial charge in [-0.25, -0.2) is 4.79 Å². The van der Waals surface area contributed by atoms with Gasteiger partial charge in [0.25, 0.3) is 0 Å². The molecule has 0 fully saturated rings. The molecule has 0 spiro atoms. The third-order valence-corrected chi connectivity index (χ3v) is 3.07. The largest absolute Gasteiger partial charge is 0.336 e. The molecule has 0 unspecified atom stereocenters. The Morgan fingerprint density at radius 2 is 2.12 bits per heavy atom. The molecule has 1 heterocycles. The minimum Gasteiger partial charge on any atom is -0.336 e. The summed E-state index contributed by atoms with van der Waals surface area (Å²) in [5, 5.41) is 10.0. The summed E-state index contributed by atoms with van der Waals surface area (Å²) in [6.45, 7) is 8.51. The van der Waals surface area contributed by atoms with E-state index in [-0.39, 0.29) is 12.1 Å². The summed E-state index contributed by atoms with van der Waals surface area (Å²) >= 11 is 0. The molecule has 2 amide bonds. The second-order valence-corrected chi connectivity index (χ2v) is 4.41. The third-order valence-electron chi connectivity index (χ3n) is 3.07. The zero-order valence-corrected chi connectivity index (χ0v) is 11.3. The SMILES string of the molecule is CC[C@H](C)NC(=O)NCc1c(C)nn(C)c1C. The first-order valence-electron chi connectivity index (χ1n) is 5.99. The normalized spacial score (nSPS) is 12.3. The van der Waals surface area contributed by atoms with Gasteiger partial charge in [0, 0.05) is 30.9 Å². The van der Waals surface area contributed by atoms with E-state index < -0.39 is 0 Å². The van der Waals surface area contributed by atoms with E-state index in [0.29, 0.717) is 6.54 Å². The van der Waals surface area contributed by atoms with E-state index in [1.54, 1.807) is 0 Å². The zero-order chi connectivity index (χ0) is 13.0. The van der Waals surface area contributed by atoms with Gasteiger partial charge in [-0.05, 0) is 27.2 Å². The Balaban J connectivity index is 2.53. The van der Waals surface area contributed by atoms with E-state index in [1.165, 1.54) is 0 Å². The summed E-state index contributed by atoms with van der Waals surface area (Å²) in [4.78, 5) is 11.6. The van der Waals surface area contributed by atoms with Crippen LogP contribution in [0.1, 0.15) is 37.2 Å². The average Bonchev–Trinajstić information content (AvgIpc) is 2.51. The molecule has 1 atom stereocenters. The van der Waals surface area contributed by atoms with Gasteiger partial charge in [0.1, 0.15) is 0 Å². The minimum absolute atomic E-state index is 0.123. The summed E-state index contributed by atoms with van der Waals surface area (Å²) in [7, 11) is 1.91. The van der Waals surface area contributed by atoms with Gasteiger partial charge < -0.3 is 10.6 Å². The molecule has 5 heteroatoms. The van der Waals surface area contributed by atoms with Crippen LogP contribution in [0.15, 0.2) is 0 Å². The molecule has 0 aromatic carbocycles. The fourth-order valence-corrected chi connectivity index (χ4v) is 1.62. The van der Waals surface area contributed by atoms with Crippen molar-refractivity contribution in [1.29, 1.82) is 0 Å². The zero-order valence-electron chi connectivity index (χ0n) is 11.3. The van der Waals surface area contributed by atoms with Crippen LogP contribution in [0.5, 0.6) is 0 Å². The molecular formula is C12H22N4O. The van der Waals surface area contributed by atoms with Crippen LogP contribution < -0.4 is 10.6 Å². The van der Waals surface area contributed by atoms with Crippen LogP contribution in [-0.2, 0) is 13.6 Å². The highest BCUT2D eigenvalue weighted by molar-refractivity contribution is 5.74. The van der Waals surface area contributed by atoms with Gasteiger partial charge in [0.2, 0.25) is 0 Å². The van der Waals surface area contributed by atoms with E-state index in [0.717, 1.165) is 23.4 Å². The number of aryl methyl sites for hydroxylation is 2. The molecular weight excluding hydrogens is 216 g/mol. The van der Waals surface area contributed by atoms with Gasteiger partial charge in [-0.1, -0.05) is 6.92 Å². The maximum absolute atomic E-state index is 11.6. The number of nitrogens with zero attached hydrogens (tertiary/aromatic N) is 2. The number of rotatable bonds is 4. The molecule has 2 N–H and O–H groups in total. The number of hydrogen-bond acceptors (Lipinski definition) is 2. The van der Waals surface area contributed by atoms with Crippen molar-refractivity contribution >= 4 is 6.03 Å². The van der Waals surface area contributed by atoms with Crippen molar-refractivity contribution in [2.45, 2.75) is 46.7 Å². The fraction of sp³-hybridized carbons (Fsp3) is 0.667. The first kappa shape index (κ1) is 13.5. The molecule has 0 radical (unpaired) electrons. The Kier molecular flexibility index (Phi) is 4.54. The molecule has 0 aliphatic heterocycles. The van der Waals surface area contributed by atoms with Crippen molar-refractivity contribution in [3.05, 3.63) is 17.0 Å². The summed E-state index contributed by atoms with van der Waals surface area (Å²) in [6.07, 6.45) is 0.929. The number of nitrogens with one attached hydrogen (secondary N) is 2. The van der Waals surface area contributed by atoms with E-state index in [2.05, 4.69) is 15.7 Å². The molecule has 0 saturated heterocycles. The molecule has 0 aliphatic rings. The van der Waals surface area contributed by atoms with Crippen LogP contribution in [0, 0.1) is 13.8 Å². The topological polar surface area (TPSA) is 59.0 Å². The number of urea groups is 1. The standard InChI is InChI=1S/C12H22N4O/c1-6-8(2)14-12(17)13-7-11-9(3)15-16(5)10(11)4/h8H,6-7H2,1-5H3,(H2,13,14,17)/t8-/m0/s1. The maximum Gasteiger partial charge on any atom is 0.315 e. The molecule has 17 heavy (non-hydrogen) atoms. The van der Waals surface area contributed by atoms with Crippen molar-refractivity contribution in [2.75, 3.05) is 0 Å². The van der Waals surface area contributed by atoms with Crippen molar-refractivity contribution < 1.29 is 4.79 Å². The van der Waals surface area contributed by atoms with E-state index >= 15 is 0 Å². The lowest BCUT2D eigenvalue weighted by Gasteiger charge is -2.12. The number of carbonyl (C=O) groups excluding carboxylic acids is 1. The van der Waals surface area contributed by atoms with Crippen LogP contribution in [-0.4, -0.2) is 21.9 Å². The fourth-order valence-electron chi connectivity index (χ4n) is 1.62. The lowest BCUT2D eigenvalue weighted by Crippen LogP contribution is -2.40. The van der Waals surface area contributed by atoms with Gasteiger partial charge in [0.15, 0.2) is 0 Å². The minimum atomic E-state index is -0.123. The highest BCUT2D eigenvalue weighted by atomic mass is 16.2. The van der Waals surface area contributed by atoms with Crippen molar-refractivity contribution in [3.8, 4) is 0 Å². The number of amides is 2. The molecule has 0 bridgehead atoms. The van der Waals surface area contributed by atoms with E-state index in [9.17, 15) is 4.79 Å². The van der Waals surface area contributed by atoms with Gasteiger partial charge in [-0.3, -0.25) is 4.68 Å². The smallest absolute Gasteiger partial charge is 0.315 e. The Morgan fingerprint density at radius 3 is 2.59 bits per heavy atom. The monoisotopic (exact) mass is 238 g/mol. The quantitative estimate of drug-likeness (QED) is 0.837. The lowest BCUT2D eigenvalue weighted by molar-refractivity contribution is 0.237. The van der Waals surface area contributed by atoms with Gasteiger partial charge in [0.05, 0.1) is 5.69 Å².